The van der Waals surface area contributed by atoms with Crippen LogP contribution in [0.4, 0.5) is 0 Å². The number of ether oxygens (including phenoxy) is 1. The first kappa shape index (κ1) is 27.6. The molecule has 2 aromatic rings. The predicted octanol–water partition coefficient (Wildman–Crippen LogP) is 4.73. The second-order valence-electron chi connectivity index (χ2n) is 9.63. The van der Waals surface area contributed by atoms with E-state index in [1.165, 1.54) is 19.1 Å². The van der Waals surface area contributed by atoms with E-state index in [1.807, 2.05) is 6.92 Å². The largest absolute Gasteiger partial charge is 0.456 e. The second kappa shape index (κ2) is 10.2. The highest BCUT2D eigenvalue weighted by Gasteiger charge is 2.44. The fourth-order valence-corrected chi connectivity index (χ4v) is 5.76. The van der Waals surface area contributed by atoms with E-state index in [0.717, 1.165) is 23.0 Å². The number of carbonyl (C=O) groups is 3. The summed E-state index contributed by atoms with van der Waals surface area (Å²) in [6.07, 6.45) is 1.07. The van der Waals surface area contributed by atoms with Crippen LogP contribution in [0.5, 0.6) is 0 Å². The number of hydrogen-bond donors (Lipinski definition) is 0. The number of hydrogen-bond acceptors (Lipinski definition) is 6. The molecule has 1 atom stereocenters. The Morgan fingerprint density at radius 3 is 2.14 bits per heavy atom. The fraction of sp³-hybridized carbons (Fsp3) is 0.346. The zero-order chi connectivity index (χ0) is 27.0. The highest BCUT2D eigenvalue weighted by Crippen LogP contribution is 2.41. The Kier molecular flexibility index (Phi) is 7.78. The maximum Gasteiger partial charge on any atom is 0.338 e. The Morgan fingerprint density at radius 2 is 1.64 bits per heavy atom. The third-order valence-corrected chi connectivity index (χ3v) is 7.60. The Hall–Kier alpha value is -3.01. The van der Waals surface area contributed by atoms with Gasteiger partial charge in [0.1, 0.15) is 5.60 Å². The molecule has 1 amide bonds. The Morgan fingerprint density at radius 1 is 1.03 bits per heavy atom. The Labute approximate surface area is 216 Å². The third-order valence-electron chi connectivity index (χ3n) is 5.48. The predicted molar refractivity (Wildman–Crippen MR) is 136 cm³/mol. The van der Waals surface area contributed by atoms with Crippen LogP contribution in [0.15, 0.2) is 54.2 Å². The summed E-state index contributed by atoms with van der Waals surface area (Å²) in [4.78, 5) is 37.3. The third kappa shape index (κ3) is 5.86. The van der Waals surface area contributed by atoms with Crippen LogP contribution in [0.25, 0.3) is 0 Å². The smallest absolute Gasteiger partial charge is 0.338 e. The lowest BCUT2D eigenvalue weighted by atomic mass is 9.95. The molecule has 0 N–H and O–H groups in total. The van der Waals surface area contributed by atoms with E-state index in [2.05, 4.69) is 0 Å². The number of benzene rings is 2. The number of ketones is 1. The van der Waals surface area contributed by atoms with Crippen LogP contribution in [0.2, 0.25) is 5.02 Å². The van der Waals surface area contributed by atoms with Crippen molar-refractivity contribution in [3.05, 3.63) is 81.5 Å². The molecular weight excluding hydrogens is 504 g/mol. The summed E-state index contributed by atoms with van der Waals surface area (Å²) in [6.45, 7) is 9.37. The van der Waals surface area contributed by atoms with Crippen LogP contribution < -0.4 is 0 Å². The minimum Gasteiger partial charge on any atom is -0.456 e. The number of nitrogens with zero attached hydrogens (tertiary/aromatic N) is 2. The minimum atomic E-state index is -4.36. The zero-order valence-electron chi connectivity index (χ0n) is 21.0. The van der Waals surface area contributed by atoms with Crippen LogP contribution in [0.3, 0.4) is 0 Å². The summed E-state index contributed by atoms with van der Waals surface area (Å²) in [6, 6.07) is 10.4. The molecule has 10 heteroatoms. The monoisotopic (exact) mass is 532 g/mol. The number of esters is 1. The first-order valence-electron chi connectivity index (χ1n) is 11.2. The van der Waals surface area contributed by atoms with Gasteiger partial charge in [-0.3, -0.25) is 9.59 Å². The number of carbonyl (C=O) groups excluding carboxylic acids is 3. The minimum absolute atomic E-state index is 0.108. The molecule has 36 heavy (non-hydrogen) atoms. The standard InChI is InChI=1S/C26H29ClN2O6S/c1-16-7-12-21(23(27)13-16)24-22(17(2)30)15-28(18(3)31)36(33,34)29(24)14-19-8-10-20(11-9-19)25(32)35-26(4,5)6/h7-13,15,24H,14H2,1-6H3. The van der Waals surface area contributed by atoms with E-state index in [0.29, 0.717) is 26.0 Å². The van der Waals surface area contributed by atoms with Gasteiger partial charge in [0.2, 0.25) is 5.91 Å². The molecule has 1 heterocycles. The average Bonchev–Trinajstić information content (AvgIpc) is 2.74. The van der Waals surface area contributed by atoms with Crippen molar-refractivity contribution in [2.24, 2.45) is 0 Å². The molecule has 0 aliphatic carbocycles. The molecule has 0 spiro atoms. The van der Waals surface area contributed by atoms with Gasteiger partial charge in [0, 0.05) is 30.3 Å². The first-order chi connectivity index (χ1) is 16.6. The van der Waals surface area contributed by atoms with E-state index in [9.17, 15) is 22.8 Å². The molecule has 0 saturated heterocycles. The van der Waals surface area contributed by atoms with E-state index >= 15 is 0 Å². The summed E-state index contributed by atoms with van der Waals surface area (Å²) in [5.41, 5.74) is 1.57. The highest BCUT2D eigenvalue weighted by atomic mass is 35.5. The van der Waals surface area contributed by atoms with Crippen molar-refractivity contribution in [1.82, 2.24) is 8.61 Å². The van der Waals surface area contributed by atoms with Crippen molar-refractivity contribution in [3.63, 3.8) is 0 Å². The number of rotatable bonds is 5. The van der Waals surface area contributed by atoms with Gasteiger partial charge < -0.3 is 4.74 Å². The fourth-order valence-electron chi connectivity index (χ4n) is 3.81. The molecular formula is C26H29ClN2O6S. The molecule has 1 unspecified atom stereocenters. The topological polar surface area (TPSA) is 101 Å². The van der Waals surface area contributed by atoms with E-state index in [4.69, 9.17) is 16.3 Å². The van der Waals surface area contributed by atoms with E-state index < -0.39 is 39.5 Å². The van der Waals surface area contributed by atoms with Crippen LogP contribution in [-0.4, -0.2) is 40.3 Å². The highest BCUT2D eigenvalue weighted by molar-refractivity contribution is 7.87. The summed E-state index contributed by atoms with van der Waals surface area (Å²) in [7, 11) is -4.36. The molecule has 0 aromatic heterocycles. The summed E-state index contributed by atoms with van der Waals surface area (Å²) < 4.78 is 34.2. The van der Waals surface area contributed by atoms with Gasteiger partial charge >= 0.3 is 16.2 Å². The van der Waals surface area contributed by atoms with Gasteiger partial charge in [-0.1, -0.05) is 35.9 Å². The lowest BCUT2D eigenvalue weighted by Gasteiger charge is -2.39. The molecule has 0 radical (unpaired) electrons. The quantitative estimate of drug-likeness (QED) is 0.516. The zero-order valence-corrected chi connectivity index (χ0v) is 22.6. The van der Waals surface area contributed by atoms with Crippen LogP contribution in [0.1, 0.15) is 67.7 Å². The van der Waals surface area contributed by atoms with Gasteiger partial charge in [-0.25, -0.2) is 9.10 Å². The van der Waals surface area contributed by atoms with Crippen molar-refractivity contribution < 1.29 is 27.5 Å². The molecule has 0 fully saturated rings. The normalized spacial score (nSPS) is 17.9. The van der Waals surface area contributed by atoms with Crippen LogP contribution >= 0.6 is 11.6 Å². The second-order valence-corrected chi connectivity index (χ2v) is 11.8. The number of halogens is 1. The molecule has 0 bridgehead atoms. The van der Waals surface area contributed by atoms with Crippen molar-refractivity contribution >= 4 is 39.5 Å². The van der Waals surface area contributed by atoms with Gasteiger partial charge in [0.05, 0.1) is 11.6 Å². The van der Waals surface area contributed by atoms with Gasteiger partial charge in [-0.05, 0) is 69.5 Å². The van der Waals surface area contributed by atoms with Crippen molar-refractivity contribution in [2.75, 3.05) is 0 Å². The van der Waals surface area contributed by atoms with Gasteiger partial charge in [0.25, 0.3) is 0 Å². The number of amides is 1. The maximum atomic E-state index is 13.6. The van der Waals surface area contributed by atoms with Crippen LogP contribution in [-0.2, 0) is 31.1 Å². The molecule has 192 valence electrons. The van der Waals surface area contributed by atoms with Gasteiger partial charge in [0.15, 0.2) is 5.78 Å². The van der Waals surface area contributed by atoms with E-state index in [-0.39, 0.29) is 12.1 Å². The molecule has 8 nitrogen and oxygen atoms in total. The maximum absolute atomic E-state index is 13.6. The van der Waals surface area contributed by atoms with Gasteiger partial charge in [-0.15, -0.1) is 0 Å². The number of Topliss-reactive ketones (excluding diaryl/α,β-unsaturated/α-hetero) is 1. The summed E-state index contributed by atoms with van der Waals surface area (Å²) in [5.74, 6) is -1.66. The lowest BCUT2D eigenvalue weighted by Crippen LogP contribution is -2.49. The molecule has 3 rings (SSSR count). The Balaban J connectivity index is 2.10. The SMILES string of the molecule is CC(=O)C1=CN(C(C)=O)S(=O)(=O)N(Cc2ccc(C(=O)OC(C)(C)C)cc2)C1c1ccc(C)cc1Cl. The molecule has 1 aliphatic heterocycles. The lowest BCUT2D eigenvalue weighted by molar-refractivity contribution is -0.122. The van der Waals surface area contributed by atoms with Gasteiger partial charge in [-0.2, -0.15) is 12.7 Å². The van der Waals surface area contributed by atoms with Crippen LogP contribution in [0, 0.1) is 6.92 Å². The molecule has 0 saturated carbocycles. The summed E-state index contributed by atoms with van der Waals surface area (Å²) in [5, 5.41) is 0.295. The molecule has 2 aromatic carbocycles. The average molecular weight is 533 g/mol. The van der Waals surface area contributed by atoms with E-state index in [1.54, 1.807) is 51.1 Å². The Bertz CT molecular complexity index is 1340. The van der Waals surface area contributed by atoms with Crippen molar-refractivity contribution in [3.8, 4) is 0 Å². The summed E-state index contributed by atoms with van der Waals surface area (Å²) >= 11 is 6.51. The van der Waals surface area contributed by atoms with Crippen molar-refractivity contribution in [2.45, 2.75) is 59.7 Å². The molecule has 1 aliphatic rings. The van der Waals surface area contributed by atoms with Crippen molar-refractivity contribution in [1.29, 1.82) is 0 Å². The first-order valence-corrected chi connectivity index (χ1v) is 13.0. The number of aryl methyl sites for hydroxylation is 1.